The molecule has 1 aliphatic rings. The summed E-state index contributed by atoms with van der Waals surface area (Å²) in [6.45, 7) is 2.93. The fraction of sp³-hybridized carbons (Fsp3) is 0.500. The number of halogens is 1. The molecule has 82 valence electrons. The molecule has 1 aliphatic heterocycles. The lowest BCUT2D eigenvalue weighted by Gasteiger charge is -2.15. The van der Waals surface area contributed by atoms with Crippen molar-refractivity contribution in [2.75, 3.05) is 19.6 Å². The van der Waals surface area contributed by atoms with Crippen molar-refractivity contribution in [2.24, 2.45) is 4.99 Å². The standard InChI is InChI=1S/C10H14BrN3S/c11-9-3-2-8(15-9)4-7-14-10-12-5-1-6-13-10/h2-3H,1,4-7H2,(H2,12,13,14). The second kappa shape index (κ2) is 5.51. The van der Waals surface area contributed by atoms with Crippen molar-refractivity contribution in [3.63, 3.8) is 0 Å². The van der Waals surface area contributed by atoms with E-state index in [2.05, 4.69) is 43.7 Å². The molecule has 2 N–H and O–H groups in total. The van der Waals surface area contributed by atoms with Crippen molar-refractivity contribution >= 4 is 33.2 Å². The summed E-state index contributed by atoms with van der Waals surface area (Å²) in [5.41, 5.74) is 0. The second-order valence-corrected chi connectivity index (χ2v) is 5.94. The molecule has 5 heteroatoms. The maximum atomic E-state index is 4.35. The van der Waals surface area contributed by atoms with Gasteiger partial charge in [-0.3, -0.25) is 4.99 Å². The van der Waals surface area contributed by atoms with Crippen molar-refractivity contribution in [1.82, 2.24) is 10.6 Å². The van der Waals surface area contributed by atoms with E-state index in [0.29, 0.717) is 0 Å². The third-order valence-electron chi connectivity index (χ3n) is 2.19. The Morgan fingerprint density at radius 1 is 1.53 bits per heavy atom. The highest BCUT2D eigenvalue weighted by Gasteiger charge is 2.03. The van der Waals surface area contributed by atoms with E-state index in [1.54, 1.807) is 11.3 Å². The summed E-state index contributed by atoms with van der Waals surface area (Å²) in [5, 5.41) is 6.55. The summed E-state index contributed by atoms with van der Waals surface area (Å²) in [5.74, 6) is 0.955. The Labute approximate surface area is 102 Å². The van der Waals surface area contributed by atoms with E-state index in [4.69, 9.17) is 0 Å². The van der Waals surface area contributed by atoms with E-state index in [1.165, 1.54) is 8.66 Å². The van der Waals surface area contributed by atoms with Gasteiger partial charge in [-0.25, -0.2) is 0 Å². The summed E-state index contributed by atoms with van der Waals surface area (Å²) < 4.78 is 1.20. The van der Waals surface area contributed by atoms with Crippen molar-refractivity contribution in [1.29, 1.82) is 0 Å². The molecule has 0 bridgehead atoms. The number of hydrogen-bond donors (Lipinski definition) is 2. The van der Waals surface area contributed by atoms with Crippen LogP contribution in [0.4, 0.5) is 0 Å². The highest BCUT2D eigenvalue weighted by Crippen LogP contribution is 2.21. The fourth-order valence-corrected chi connectivity index (χ4v) is 2.92. The van der Waals surface area contributed by atoms with E-state index < -0.39 is 0 Å². The van der Waals surface area contributed by atoms with Crippen molar-refractivity contribution in [3.05, 3.63) is 20.8 Å². The van der Waals surface area contributed by atoms with Gasteiger partial charge in [0.25, 0.3) is 0 Å². The highest BCUT2D eigenvalue weighted by atomic mass is 79.9. The average molecular weight is 288 g/mol. The summed E-state index contributed by atoms with van der Waals surface area (Å²) in [7, 11) is 0. The molecular weight excluding hydrogens is 274 g/mol. The third-order valence-corrected chi connectivity index (χ3v) is 3.87. The van der Waals surface area contributed by atoms with Gasteiger partial charge in [-0.2, -0.15) is 0 Å². The molecule has 0 radical (unpaired) electrons. The van der Waals surface area contributed by atoms with E-state index in [-0.39, 0.29) is 0 Å². The molecule has 0 fully saturated rings. The molecule has 1 aromatic heterocycles. The van der Waals surface area contributed by atoms with Crippen LogP contribution in [0.3, 0.4) is 0 Å². The Balaban J connectivity index is 1.72. The smallest absolute Gasteiger partial charge is 0.191 e. The molecule has 0 spiro atoms. The maximum Gasteiger partial charge on any atom is 0.191 e. The molecule has 0 unspecified atom stereocenters. The van der Waals surface area contributed by atoms with E-state index in [9.17, 15) is 0 Å². The number of thiophene rings is 1. The minimum atomic E-state index is 0.943. The molecule has 2 heterocycles. The van der Waals surface area contributed by atoms with Crippen LogP contribution in [0.1, 0.15) is 11.3 Å². The van der Waals surface area contributed by atoms with Gasteiger partial charge in [0.15, 0.2) is 5.96 Å². The zero-order valence-electron chi connectivity index (χ0n) is 8.42. The first-order valence-electron chi connectivity index (χ1n) is 5.11. The van der Waals surface area contributed by atoms with Crippen molar-refractivity contribution < 1.29 is 0 Å². The highest BCUT2D eigenvalue weighted by molar-refractivity contribution is 9.11. The molecule has 1 aromatic rings. The minimum Gasteiger partial charge on any atom is -0.356 e. The van der Waals surface area contributed by atoms with Crippen LogP contribution >= 0.6 is 27.3 Å². The van der Waals surface area contributed by atoms with Gasteiger partial charge in [-0.1, -0.05) is 0 Å². The van der Waals surface area contributed by atoms with E-state index in [0.717, 1.165) is 38.4 Å². The van der Waals surface area contributed by atoms with Crippen LogP contribution in [0, 0.1) is 0 Å². The topological polar surface area (TPSA) is 36.4 Å². The lowest BCUT2D eigenvalue weighted by atomic mass is 10.3. The maximum absolute atomic E-state index is 4.35. The van der Waals surface area contributed by atoms with Gasteiger partial charge in [0.2, 0.25) is 0 Å². The molecule has 0 saturated heterocycles. The summed E-state index contributed by atoms with van der Waals surface area (Å²) in [6.07, 6.45) is 2.19. The van der Waals surface area contributed by atoms with Crippen LogP contribution in [0.5, 0.6) is 0 Å². The van der Waals surface area contributed by atoms with Crippen LogP contribution in [0.15, 0.2) is 20.9 Å². The van der Waals surface area contributed by atoms with Gasteiger partial charge in [0, 0.05) is 24.5 Å². The molecule has 0 saturated carbocycles. The number of rotatable bonds is 3. The predicted molar refractivity (Wildman–Crippen MR) is 68.6 cm³/mol. The number of aliphatic imine (C=N–C) groups is 1. The quantitative estimate of drug-likeness (QED) is 0.892. The summed E-state index contributed by atoms with van der Waals surface area (Å²) in [4.78, 5) is 5.75. The Bertz CT molecular complexity index is 348. The number of nitrogens with zero attached hydrogens (tertiary/aromatic N) is 1. The predicted octanol–water partition coefficient (Wildman–Crippen LogP) is 1.99. The SMILES string of the molecule is Brc1ccc(CCNC2=NCCCN2)s1. The molecule has 2 rings (SSSR count). The molecule has 0 aromatic carbocycles. The van der Waals surface area contributed by atoms with Gasteiger partial charge in [-0.15, -0.1) is 11.3 Å². The van der Waals surface area contributed by atoms with Crippen LogP contribution < -0.4 is 10.6 Å². The van der Waals surface area contributed by atoms with Gasteiger partial charge in [-0.05, 0) is 40.9 Å². The minimum absolute atomic E-state index is 0.943. The third kappa shape index (κ3) is 3.50. The normalized spacial score (nSPS) is 15.7. The van der Waals surface area contributed by atoms with Gasteiger partial charge in [0.05, 0.1) is 3.79 Å². The molecule has 15 heavy (non-hydrogen) atoms. The van der Waals surface area contributed by atoms with Gasteiger partial charge >= 0.3 is 0 Å². The molecule has 3 nitrogen and oxygen atoms in total. The first-order chi connectivity index (χ1) is 7.34. The molecule has 0 aliphatic carbocycles. The van der Waals surface area contributed by atoms with Crippen molar-refractivity contribution in [3.8, 4) is 0 Å². The first kappa shape index (κ1) is 11.0. The Kier molecular flexibility index (Phi) is 4.02. The first-order valence-corrected chi connectivity index (χ1v) is 6.72. The number of hydrogen-bond acceptors (Lipinski definition) is 4. The zero-order valence-corrected chi connectivity index (χ0v) is 10.8. The number of guanidine groups is 1. The van der Waals surface area contributed by atoms with Gasteiger partial charge < -0.3 is 10.6 Å². The Morgan fingerprint density at radius 3 is 3.13 bits per heavy atom. The van der Waals surface area contributed by atoms with E-state index in [1.807, 2.05) is 0 Å². The summed E-state index contributed by atoms with van der Waals surface area (Å²) >= 11 is 5.25. The van der Waals surface area contributed by atoms with E-state index >= 15 is 0 Å². The van der Waals surface area contributed by atoms with Crippen LogP contribution in [-0.2, 0) is 6.42 Å². The van der Waals surface area contributed by atoms with Gasteiger partial charge in [0.1, 0.15) is 0 Å². The Hall–Kier alpha value is -0.550. The fourth-order valence-electron chi connectivity index (χ4n) is 1.44. The van der Waals surface area contributed by atoms with Crippen LogP contribution in [0.2, 0.25) is 0 Å². The molecule has 0 atom stereocenters. The van der Waals surface area contributed by atoms with Crippen molar-refractivity contribution in [2.45, 2.75) is 12.8 Å². The average Bonchev–Trinajstić information content (AvgIpc) is 2.66. The lowest BCUT2D eigenvalue weighted by Crippen LogP contribution is -2.41. The lowest BCUT2D eigenvalue weighted by molar-refractivity contribution is 0.701. The van der Waals surface area contributed by atoms with Crippen LogP contribution in [-0.4, -0.2) is 25.6 Å². The monoisotopic (exact) mass is 287 g/mol. The zero-order chi connectivity index (χ0) is 10.5. The summed E-state index contributed by atoms with van der Waals surface area (Å²) in [6, 6.07) is 4.25. The number of nitrogens with one attached hydrogen (secondary N) is 2. The Morgan fingerprint density at radius 2 is 2.47 bits per heavy atom. The second-order valence-electron chi connectivity index (χ2n) is 3.39. The van der Waals surface area contributed by atoms with Crippen LogP contribution in [0.25, 0.3) is 0 Å². The molecular formula is C10H14BrN3S. The largest absolute Gasteiger partial charge is 0.356 e. The molecule has 0 amide bonds.